The molecule has 2 heterocycles. The fraction of sp³-hybridized carbons (Fsp3) is 0.304. The summed E-state index contributed by atoms with van der Waals surface area (Å²) in [7, 11) is 0. The SMILES string of the molecule is O=C(O)c1cc(NCCCN2CCN(c3ccccc3)CC2)nc2ccccc12. The summed E-state index contributed by atoms with van der Waals surface area (Å²) in [5.74, 6) is -0.307. The fourth-order valence-corrected chi connectivity index (χ4v) is 3.83. The van der Waals surface area contributed by atoms with E-state index in [1.54, 1.807) is 12.1 Å². The van der Waals surface area contributed by atoms with Crippen molar-refractivity contribution < 1.29 is 9.90 Å². The molecule has 1 fully saturated rings. The Labute approximate surface area is 170 Å². The number of carboxylic acids is 1. The topological polar surface area (TPSA) is 68.7 Å². The van der Waals surface area contributed by atoms with Crippen molar-refractivity contribution in [3.63, 3.8) is 0 Å². The fourth-order valence-electron chi connectivity index (χ4n) is 3.83. The first kappa shape index (κ1) is 19.2. The molecule has 29 heavy (non-hydrogen) atoms. The summed E-state index contributed by atoms with van der Waals surface area (Å²) in [5, 5.41) is 13.4. The van der Waals surface area contributed by atoms with Gasteiger partial charge in [-0.1, -0.05) is 36.4 Å². The van der Waals surface area contributed by atoms with Crippen LogP contribution in [-0.2, 0) is 0 Å². The molecule has 4 rings (SSSR count). The monoisotopic (exact) mass is 390 g/mol. The number of hydrogen-bond acceptors (Lipinski definition) is 5. The maximum atomic E-state index is 11.6. The first-order valence-corrected chi connectivity index (χ1v) is 10.1. The van der Waals surface area contributed by atoms with E-state index in [1.165, 1.54) is 5.69 Å². The third kappa shape index (κ3) is 4.66. The number of nitrogens with zero attached hydrogens (tertiary/aromatic N) is 3. The Kier molecular flexibility index (Phi) is 5.91. The summed E-state index contributed by atoms with van der Waals surface area (Å²) in [6.07, 6.45) is 0.988. The lowest BCUT2D eigenvalue weighted by Crippen LogP contribution is -2.46. The lowest BCUT2D eigenvalue weighted by Gasteiger charge is -2.36. The molecule has 0 aliphatic carbocycles. The average Bonchev–Trinajstić information content (AvgIpc) is 2.77. The molecular weight excluding hydrogens is 364 g/mol. The van der Waals surface area contributed by atoms with Crippen LogP contribution >= 0.6 is 0 Å². The van der Waals surface area contributed by atoms with Crippen molar-refractivity contribution in [2.75, 3.05) is 49.5 Å². The predicted octanol–water partition coefficient (Wildman–Crippen LogP) is 3.56. The average molecular weight is 390 g/mol. The van der Waals surface area contributed by atoms with Crippen LogP contribution in [0.15, 0.2) is 60.7 Å². The van der Waals surface area contributed by atoms with Gasteiger partial charge in [0.15, 0.2) is 0 Å². The Bertz CT molecular complexity index is 969. The van der Waals surface area contributed by atoms with Crippen LogP contribution in [0, 0.1) is 0 Å². The molecular formula is C23H26N4O2. The molecule has 2 N–H and O–H groups in total. The number of hydrogen-bond donors (Lipinski definition) is 2. The quantitative estimate of drug-likeness (QED) is 0.601. The summed E-state index contributed by atoms with van der Waals surface area (Å²) in [5.41, 5.74) is 2.28. The largest absolute Gasteiger partial charge is 0.478 e. The van der Waals surface area contributed by atoms with Crippen LogP contribution in [0.1, 0.15) is 16.8 Å². The maximum Gasteiger partial charge on any atom is 0.336 e. The standard InChI is InChI=1S/C23H26N4O2/c28-23(29)20-17-22(25-21-10-5-4-9-19(20)21)24-11-6-12-26-13-15-27(16-14-26)18-7-2-1-3-8-18/h1-5,7-10,17H,6,11-16H2,(H,24,25)(H,28,29). The van der Waals surface area contributed by atoms with E-state index in [-0.39, 0.29) is 5.56 Å². The molecule has 0 bridgehead atoms. The van der Waals surface area contributed by atoms with Gasteiger partial charge in [0, 0.05) is 43.8 Å². The lowest BCUT2D eigenvalue weighted by atomic mass is 10.1. The van der Waals surface area contributed by atoms with Crippen LogP contribution in [0.3, 0.4) is 0 Å². The summed E-state index contributed by atoms with van der Waals surface area (Å²) in [6, 6.07) is 19.5. The molecule has 0 radical (unpaired) electrons. The second-order valence-corrected chi connectivity index (χ2v) is 7.32. The Morgan fingerprint density at radius 1 is 1.00 bits per heavy atom. The minimum Gasteiger partial charge on any atom is -0.478 e. The van der Waals surface area contributed by atoms with E-state index in [9.17, 15) is 9.90 Å². The van der Waals surface area contributed by atoms with E-state index < -0.39 is 5.97 Å². The van der Waals surface area contributed by atoms with Crippen molar-refractivity contribution in [3.05, 3.63) is 66.2 Å². The molecule has 3 aromatic rings. The Balaban J connectivity index is 1.27. The van der Waals surface area contributed by atoms with Gasteiger partial charge in [-0.15, -0.1) is 0 Å². The highest BCUT2D eigenvalue weighted by Crippen LogP contribution is 2.21. The van der Waals surface area contributed by atoms with E-state index in [0.717, 1.165) is 45.7 Å². The molecule has 1 aliphatic rings. The van der Waals surface area contributed by atoms with Crippen LogP contribution in [0.2, 0.25) is 0 Å². The van der Waals surface area contributed by atoms with Crippen LogP contribution in [0.25, 0.3) is 10.9 Å². The zero-order valence-corrected chi connectivity index (χ0v) is 16.4. The zero-order chi connectivity index (χ0) is 20.1. The van der Waals surface area contributed by atoms with E-state index in [0.29, 0.717) is 16.7 Å². The third-order valence-corrected chi connectivity index (χ3v) is 5.40. The highest BCUT2D eigenvalue weighted by Gasteiger charge is 2.16. The van der Waals surface area contributed by atoms with E-state index in [2.05, 4.69) is 50.4 Å². The van der Waals surface area contributed by atoms with Gasteiger partial charge in [-0.05, 0) is 37.2 Å². The normalized spacial score (nSPS) is 14.8. The predicted molar refractivity (Wildman–Crippen MR) is 117 cm³/mol. The molecule has 2 aromatic carbocycles. The van der Waals surface area contributed by atoms with Gasteiger partial charge in [-0.2, -0.15) is 0 Å². The van der Waals surface area contributed by atoms with Crippen molar-refractivity contribution in [2.45, 2.75) is 6.42 Å². The van der Waals surface area contributed by atoms with Crippen molar-refractivity contribution in [1.82, 2.24) is 9.88 Å². The minimum atomic E-state index is -0.928. The van der Waals surface area contributed by atoms with Crippen LogP contribution in [-0.4, -0.2) is 60.2 Å². The summed E-state index contributed by atoms with van der Waals surface area (Å²) < 4.78 is 0. The molecule has 6 nitrogen and oxygen atoms in total. The third-order valence-electron chi connectivity index (χ3n) is 5.40. The number of carbonyl (C=O) groups is 1. The van der Waals surface area contributed by atoms with Crippen molar-refractivity contribution in [1.29, 1.82) is 0 Å². The maximum absolute atomic E-state index is 11.6. The molecule has 1 saturated heterocycles. The number of piperazine rings is 1. The van der Waals surface area contributed by atoms with Gasteiger partial charge < -0.3 is 15.3 Å². The van der Waals surface area contributed by atoms with Gasteiger partial charge >= 0.3 is 5.97 Å². The van der Waals surface area contributed by atoms with Gasteiger partial charge in [0.2, 0.25) is 0 Å². The molecule has 0 amide bonds. The van der Waals surface area contributed by atoms with E-state index >= 15 is 0 Å². The Morgan fingerprint density at radius 2 is 1.72 bits per heavy atom. The summed E-state index contributed by atoms with van der Waals surface area (Å²) in [6.45, 7) is 6.01. The molecule has 1 aromatic heterocycles. The number of nitrogens with one attached hydrogen (secondary N) is 1. The molecule has 0 spiro atoms. The second-order valence-electron chi connectivity index (χ2n) is 7.32. The highest BCUT2D eigenvalue weighted by molar-refractivity contribution is 6.03. The van der Waals surface area contributed by atoms with Gasteiger partial charge in [0.05, 0.1) is 11.1 Å². The number of rotatable bonds is 7. The van der Waals surface area contributed by atoms with Gasteiger partial charge in [0.25, 0.3) is 0 Å². The summed E-state index contributed by atoms with van der Waals surface area (Å²) >= 11 is 0. The van der Waals surface area contributed by atoms with Crippen molar-refractivity contribution >= 4 is 28.4 Å². The smallest absolute Gasteiger partial charge is 0.336 e. The van der Waals surface area contributed by atoms with Crippen LogP contribution < -0.4 is 10.2 Å². The molecule has 0 unspecified atom stereocenters. The van der Waals surface area contributed by atoms with E-state index in [1.807, 2.05) is 18.2 Å². The first-order chi connectivity index (χ1) is 14.2. The number of aromatic nitrogens is 1. The number of pyridine rings is 1. The Hall–Kier alpha value is -3.12. The van der Waals surface area contributed by atoms with Gasteiger partial charge in [-0.25, -0.2) is 9.78 Å². The number of benzene rings is 2. The minimum absolute atomic E-state index is 0.287. The number of anilines is 2. The number of aromatic carboxylic acids is 1. The second kappa shape index (κ2) is 8.92. The van der Waals surface area contributed by atoms with Crippen LogP contribution in [0.5, 0.6) is 0 Å². The molecule has 150 valence electrons. The highest BCUT2D eigenvalue weighted by atomic mass is 16.4. The van der Waals surface area contributed by atoms with Crippen LogP contribution in [0.4, 0.5) is 11.5 Å². The van der Waals surface area contributed by atoms with Gasteiger partial charge in [0.1, 0.15) is 5.82 Å². The molecule has 6 heteroatoms. The first-order valence-electron chi connectivity index (χ1n) is 10.1. The number of fused-ring (bicyclic) bond motifs is 1. The van der Waals surface area contributed by atoms with Gasteiger partial charge in [-0.3, -0.25) is 4.90 Å². The lowest BCUT2D eigenvalue weighted by molar-refractivity contribution is 0.0699. The Morgan fingerprint density at radius 3 is 2.48 bits per heavy atom. The molecule has 0 atom stereocenters. The van der Waals surface area contributed by atoms with Crippen molar-refractivity contribution in [3.8, 4) is 0 Å². The summed E-state index contributed by atoms with van der Waals surface area (Å²) in [4.78, 5) is 21.0. The number of para-hydroxylation sites is 2. The molecule has 1 aliphatic heterocycles. The number of carboxylic acid groups (broad SMARTS) is 1. The van der Waals surface area contributed by atoms with Crippen molar-refractivity contribution in [2.24, 2.45) is 0 Å². The molecule has 0 saturated carbocycles. The zero-order valence-electron chi connectivity index (χ0n) is 16.4. The van der Waals surface area contributed by atoms with E-state index in [4.69, 9.17) is 0 Å².